The lowest BCUT2D eigenvalue weighted by atomic mass is 9.81. The zero-order valence-corrected chi connectivity index (χ0v) is 19.6. The Bertz CT molecular complexity index is 1160. The summed E-state index contributed by atoms with van der Waals surface area (Å²) >= 11 is 0. The van der Waals surface area contributed by atoms with Crippen LogP contribution < -0.4 is 5.32 Å². The molecule has 1 fully saturated rings. The SMILES string of the molecule is CCCC1NC([C@@H]2CCCC[C@@H]2O)[N+](=O)c2cc(Cc3ccc(C)nc3)c3ccccc3c21. The number of benzene rings is 2. The Morgan fingerprint density at radius 2 is 1.91 bits per heavy atom. The lowest BCUT2D eigenvalue weighted by Gasteiger charge is -2.35. The van der Waals surface area contributed by atoms with Gasteiger partial charge < -0.3 is 5.11 Å². The van der Waals surface area contributed by atoms with Gasteiger partial charge in [-0.2, -0.15) is 0 Å². The average molecular weight is 445 g/mol. The van der Waals surface area contributed by atoms with E-state index >= 15 is 0 Å². The predicted molar refractivity (Wildman–Crippen MR) is 132 cm³/mol. The second kappa shape index (κ2) is 9.32. The summed E-state index contributed by atoms with van der Waals surface area (Å²) in [5.74, 6) is -0.0417. The van der Waals surface area contributed by atoms with Gasteiger partial charge in [0.15, 0.2) is 0 Å². The van der Waals surface area contributed by atoms with Crippen LogP contribution in [-0.4, -0.2) is 27.1 Å². The summed E-state index contributed by atoms with van der Waals surface area (Å²) in [4.78, 5) is 18.3. The quantitative estimate of drug-likeness (QED) is 0.483. The van der Waals surface area contributed by atoms with E-state index in [1.807, 2.05) is 19.2 Å². The molecule has 5 rings (SSSR count). The molecule has 1 aliphatic carbocycles. The molecule has 2 unspecified atom stereocenters. The van der Waals surface area contributed by atoms with Gasteiger partial charge in [0.2, 0.25) is 0 Å². The molecule has 4 atom stereocenters. The Labute approximate surface area is 195 Å². The highest BCUT2D eigenvalue weighted by molar-refractivity contribution is 5.92. The highest BCUT2D eigenvalue weighted by Gasteiger charge is 2.47. The van der Waals surface area contributed by atoms with Crippen molar-refractivity contribution in [3.63, 3.8) is 0 Å². The topological polar surface area (TPSA) is 65.2 Å². The van der Waals surface area contributed by atoms with Crippen molar-refractivity contribution in [3.05, 3.63) is 76.0 Å². The largest absolute Gasteiger partial charge is 0.393 e. The minimum absolute atomic E-state index is 0.0417. The number of aliphatic hydroxyl groups excluding tert-OH is 1. The zero-order valence-electron chi connectivity index (χ0n) is 19.6. The van der Waals surface area contributed by atoms with Crippen LogP contribution in [0.4, 0.5) is 5.69 Å². The number of hydrogen-bond acceptors (Lipinski definition) is 4. The van der Waals surface area contributed by atoms with Gasteiger partial charge in [-0.25, -0.2) is 5.32 Å². The first kappa shape index (κ1) is 22.2. The van der Waals surface area contributed by atoms with Crippen LogP contribution in [0.2, 0.25) is 0 Å². The Balaban J connectivity index is 1.63. The second-order valence-corrected chi connectivity index (χ2v) is 9.79. The van der Waals surface area contributed by atoms with Crippen LogP contribution in [0, 0.1) is 17.7 Å². The van der Waals surface area contributed by atoms with Crippen LogP contribution in [0.3, 0.4) is 0 Å². The average Bonchev–Trinajstić information content (AvgIpc) is 2.83. The van der Waals surface area contributed by atoms with Crippen LogP contribution in [0.5, 0.6) is 0 Å². The monoisotopic (exact) mass is 444 g/mol. The van der Waals surface area contributed by atoms with Gasteiger partial charge in [0, 0.05) is 28.9 Å². The maximum Gasteiger partial charge on any atom is 0.267 e. The molecule has 3 aromatic rings. The van der Waals surface area contributed by atoms with Gasteiger partial charge in [-0.1, -0.05) is 56.5 Å². The molecule has 2 N–H and O–H groups in total. The molecule has 2 heterocycles. The molecule has 0 bridgehead atoms. The first-order valence-corrected chi connectivity index (χ1v) is 12.4. The zero-order chi connectivity index (χ0) is 22.9. The normalized spacial score (nSPS) is 25.2. The highest BCUT2D eigenvalue weighted by atomic mass is 16.3. The lowest BCUT2D eigenvalue weighted by Crippen LogP contribution is -2.52. The van der Waals surface area contributed by atoms with Crippen LogP contribution in [0.15, 0.2) is 48.7 Å². The molecule has 0 radical (unpaired) electrons. The number of nitrogens with one attached hydrogen (secondary N) is 1. The molecule has 5 heteroatoms. The molecule has 0 saturated heterocycles. The first-order chi connectivity index (χ1) is 16.1. The number of pyridine rings is 1. The smallest absolute Gasteiger partial charge is 0.267 e. The Kier molecular flexibility index (Phi) is 6.26. The molecule has 5 nitrogen and oxygen atoms in total. The van der Waals surface area contributed by atoms with E-state index in [9.17, 15) is 10.0 Å². The molecule has 0 spiro atoms. The number of aliphatic hydroxyl groups is 1. The fourth-order valence-electron chi connectivity index (χ4n) is 5.80. The minimum atomic E-state index is -0.421. The van der Waals surface area contributed by atoms with Gasteiger partial charge >= 0.3 is 0 Å². The molecule has 0 amide bonds. The van der Waals surface area contributed by atoms with Crippen molar-refractivity contribution < 1.29 is 9.87 Å². The van der Waals surface area contributed by atoms with E-state index in [1.165, 1.54) is 10.1 Å². The summed E-state index contributed by atoms with van der Waals surface area (Å²) in [6.07, 6.45) is 7.63. The number of nitrogens with zero attached hydrogens (tertiary/aromatic N) is 2. The molecule has 2 aliphatic rings. The van der Waals surface area contributed by atoms with Gasteiger partial charge in [-0.05, 0) is 60.6 Å². The maximum absolute atomic E-state index is 13.8. The van der Waals surface area contributed by atoms with E-state index in [2.05, 4.69) is 53.6 Å². The molecule has 1 aliphatic heterocycles. The number of aryl methyl sites for hydroxylation is 1. The third kappa shape index (κ3) is 4.20. The maximum atomic E-state index is 13.8. The third-order valence-corrected chi connectivity index (χ3v) is 7.49. The van der Waals surface area contributed by atoms with E-state index in [0.717, 1.165) is 78.4 Å². The van der Waals surface area contributed by atoms with E-state index < -0.39 is 6.10 Å². The van der Waals surface area contributed by atoms with Gasteiger partial charge in [0.1, 0.15) is 0 Å². The summed E-state index contributed by atoms with van der Waals surface area (Å²) in [5, 5.41) is 16.8. The molecular formula is C28H34N3O2+. The van der Waals surface area contributed by atoms with E-state index in [1.54, 1.807) is 0 Å². The fraction of sp³-hybridized carbons (Fsp3) is 0.464. The van der Waals surface area contributed by atoms with Crippen LogP contribution >= 0.6 is 0 Å². The van der Waals surface area contributed by atoms with Crippen molar-refractivity contribution >= 4 is 16.5 Å². The van der Waals surface area contributed by atoms with Gasteiger partial charge in [0.05, 0.1) is 22.3 Å². The number of fused-ring (bicyclic) bond motifs is 3. The van der Waals surface area contributed by atoms with Gasteiger partial charge in [-0.15, -0.1) is 0 Å². The number of aromatic nitrogens is 1. The van der Waals surface area contributed by atoms with Gasteiger partial charge in [0.25, 0.3) is 11.9 Å². The second-order valence-electron chi connectivity index (χ2n) is 9.79. The van der Waals surface area contributed by atoms with Crippen molar-refractivity contribution in [1.82, 2.24) is 10.3 Å². The number of hydrogen-bond donors (Lipinski definition) is 2. The van der Waals surface area contributed by atoms with Crippen LogP contribution in [-0.2, 0) is 6.42 Å². The van der Waals surface area contributed by atoms with E-state index in [-0.39, 0.29) is 18.1 Å². The van der Waals surface area contributed by atoms with Crippen molar-refractivity contribution in [1.29, 1.82) is 0 Å². The molecule has 2 aromatic carbocycles. The summed E-state index contributed by atoms with van der Waals surface area (Å²) in [7, 11) is 0. The van der Waals surface area contributed by atoms with Crippen LogP contribution in [0.1, 0.15) is 73.9 Å². The Morgan fingerprint density at radius 3 is 2.64 bits per heavy atom. The van der Waals surface area contributed by atoms with E-state index in [0.29, 0.717) is 0 Å². The van der Waals surface area contributed by atoms with Crippen molar-refractivity contribution in [2.75, 3.05) is 0 Å². The third-order valence-electron chi connectivity index (χ3n) is 7.49. The van der Waals surface area contributed by atoms with Crippen molar-refractivity contribution in [3.8, 4) is 0 Å². The standard InChI is InChI=1S/C28H34N3O2/c1-3-8-24-27-22-10-5-4-9-21(22)20(15-19-14-13-18(2)29-17-19)16-25(27)31(33)28(30-24)23-11-6-7-12-26(23)32/h4-5,9-10,13-14,16-17,23-24,26,28,30,32H,3,6-8,11-12,15H2,1-2H3/q+1/t23-,24?,26+,28?/m1/s1. The summed E-state index contributed by atoms with van der Waals surface area (Å²) in [6, 6.07) is 14.8. The minimum Gasteiger partial charge on any atom is -0.393 e. The summed E-state index contributed by atoms with van der Waals surface area (Å²) < 4.78 is 1.17. The molecular weight excluding hydrogens is 410 g/mol. The van der Waals surface area contributed by atoms with Crippen molar-refractivity contribution in [2.45, 2.75) is 77.1 Å². The van der Waals surface area contributed by atoms with Gasteiger partial charge in [-0.3, -0.25) is 4.98 Å². The molecule has 33 heavy (non-hydrogen) atoms. The Hall–Kier alpha value is -2.63. The summed E-state index contributed by atoms with van der Waals surface area (Å²) in [5.41, 5.74) is 5.16. The van der Waals surface area contributed by atoms with Crippen LogP contribution in [0.25, 0.3) is 10.8 Å². The Morgan fingerprint density at radius 1 is 1.12 bits per heavy atom. The van der Waals surface area contributed by atoms with Crippen molar-refractivity contribution in [2.24, 2.45) is 5.92 Å². The molecule has 1 aromatic heterocycles. The van der Waals surface area contributed by atoms with E-state index in [4.69, 9.17) is 0 Å². The fourth-order valence-corrected chi connectivity index (χ4v) is 5.80. The molecule has 1 saturated carbocycles. The molecule has 172 valence electrons. The highest BCUT2D eigenvalue weighted by Crippen LogP contribution is 2.43. The number of rotatable bonds is 5. The predicted octanol–water partition coefficient (Wildman–Crippen LogP) is 5.87. The lowest BCUT2D eigenvalue weighted by molar-refractivity contribution is -0.535. The summed E-state index contributed by atoms with van der Waals surface area (Å²) in [6.45, 7) is 4.18. The first-order valence-electron chi connectivity index (χ1n) is 12.4. The number of nitroso groups, excluding NO2 is 1.